The Balaban J connectivity index is -0.000000186. The molecule has 9 nitrogen and oxygen atoms in total. The molecule has 0 aromatic heterocycles. The molecule has 0 radical (unpaired) electrons. The van der Waals surface area contributed by atoms with E-state index in [2.05, 4.69) is 13.7 Å². The summed E-state index contributed by atoms with van der Waals surface area (Å²) in [5.74, 6) is -1.08. The van der Waals surface area contributed by atoms with Gasteiger partial charge in [-0.1, -0.05) is 20.3 Å². The molecule has 0 amide bonds. The zero-order valence-corrected chi connectivity index (χ0v) is 20.3. The van der Waals surface area contributed by atoms with E-state index >= 15 is 0 Å². The van der Waals surface area contributed by atoms with Crippen LogP contribution in [0.15, 0.2) is 0 Å². The van der Waals surface area contributed by atoms with Gasteiger partial charge in [-0.2, -0.15) is 31.1 Å². The number of carbonyl (C=O) groups excluding carboxylic acids is 2. The van der Waals surface area contributed by atoms with Gasteiger partial charge >= 0.3 is 52.8 Å². The maximum Gasteiger partial charge on any atom is 1.00 e. The number of hydrogen-bond donors (Lipinski definition) is 0. The zero-order valence-electron chi connectivity index (χ0n) is 16.7. The van der Waals surface area contributed by atoms with Crippen LogP contribution in [0.2, 0.25) is 0 Å². The maximum absolute atomic E-state index is 11.6. The van der Waals surface area contributed by atoms with Gasteiger partial charge in [-0.3, -0.25) is 13.2 Å². The predicted molar refractivity (Wildman–Crippen MR) is 90.6 cm³/mol. The van der Waals surface area contributed by atoms with E-state index in [-0.39, 0.29) is 41.9 Å². The van der Waals surface area contributed by atoms with Crippen LogP contribution in [0.3, 0.4) is 0 Å². The van der Waals surface area contributed by atoms with Crippen LogP contribution >= 0.6 is 0 Å². The Morgan fingerprint density at radius 1 is 1.06 bits per heavy atom. The van der Waals surface area contributed by atoms with E-state index in [1.807, 2.05) is 6.92 Å². The van der Waals surface area contributed by atoms with Crippen molar-refractivity contribution in [3.05, 3.63) is 5.53 Å². The minimum Gasteiger partial charge on any atom is -0.766 e. The number of rotatable bonds is 9. The van der Waals surface area contributed by atoms with Crippen LogP contribution in [0.4, 0.5) is 26.3 Å². The third-order valence-corrected chi connectivity index (χ3v) is 3.20. The fourth-order valence-corrected chi connectivity index (χ4v) is 1.24. The maximum atomic E-state index is 11.6. The molecule has 18 heteroatoms. The number of carbonyl (C=O) groups is 2. The van der Waals surface area contributed by atoms with Crippen molar-refractivity contribution in [2.45, 2.75) is 50.5 Å². The molecule has 0 N–H and O–H groups in total. The van der Waals surface area contributed by atoms with Gasteiger partial charge in [0.2, 0.25) is 5.78 Å². The first-order valence-electron chi connectivity index (χ1n) is 7.77. The topological polar surface area (TPSA) is 146 Å². The Kier molecular flexibility index (Phi) is 25.7. The second-order valence-corrected chi connectivity index (χ2v) is 6.76. The van der Waals surface area contributed by atoms with Gasteiger partial charge in [-0.15, -0.1) is 0 Å². The largest absolute Gasteiger partial charge is 1.00 e. The van der Waals surface area contributed by atoms with Crippen molar-refractivity contribution < 1.29 is 92.2 Å². The van der Waals surface area contributed by atoms with Crippen molar-refractivity contribution in [2.75, 3.05) is 13.2 Å². The third kappa shape index (κ3) is 29.3. The molecule has 0 bridgehead atoms. The van der Waals surface area contributed by atoms with E-state index in [0.29, 0.717) is 12.8 Å². The molecule has 178 valence electrons. The fraction of sp³-hybridized carbons (Fsp3) is 0.769. The number of nitrogens with zero attached hydrogens (tertiary/aromatic N) is 2. The summed E-state index contributed by atoms with van der Waals surface area (Å²) in [6.07, 6.45) is 3.83. The summed E-state index contributed by atoms with van der Waals surface area (Å²) in [7, 11) is 0. The molecule has 0 aromatic rings. The minimum absolute atomic E-state index is 0. The number of esters is 1. The number of unbranched alkanes of at least 4 members (excludes halogenated alkanes) is 1. The second kappa shape index (κ2) is 21.2. The average molecular weight is 516 g/mol. The van der Waals surface area contributed by atoms with Gasteiger partial charge in [0.1, 0.15) is 0 Å². The van der Waals surface area contributed by atoms with Gasteiger partial charge < -0.3 is 14.8 Å². The monoisotopic (exact) mass is 516 g/mol. The summed E-state index contributed by atoms with van der Waals surface area (Å²) in [5.41, 5.74) is -2.17. The smallest absolute Gasteiger partial charge is 0.766 e. The SMILES string of the molecule is CCCCC(=O)C=[N+]=[N-].CCCOC(=O)COS(=O)C(F)(F)F.O=S([O-])C(F)(F)F.[Na+]. The summed E-state index contributed by atoms with van der Waals surface area (Å²) in [4.78, 5) is 23.7. The molecule has 0 aliphatic rings. The van der Waals surface area contributed by atoms with Crippen LogP contribution in [-0.2, 0) is 40.7 Å². The Hall–Kier alpha value is -0.680. The van der Waals surface area contributed by atoms with E-state index in [9.17, 15) is 40.1 Å². The quantitative estimate of drug-likeness (QED) is 0.0769. The van der Waals surface area contributed by atoms with Crippen LogP contribution in [0.25, 0.3) is 5.53 Å². The van der Waals surface area contributed by atoms with Crippen LogP contribution in [-0.4, -0.2) is 60.0 Å². The molecular formula is C13H19F6N2NaO7S2. The first kappa shape index (κ1) is 37.6. The van der Waals surface area contributed by atoms with Crippen LogP contribution < -0.4 is 29.6 Å². The number of Topliss-reactive ketones (excluding diaryl/α,β-unsaturated/α-hetero) is 1. The summed E-state index contributed by atoms with van der Waals surface area (Å²) >= 11 is -7.40. The zero-order chi connectivity index (χ0) is 24.4. The molecule has 0 rings (SSSR count). The molecule has 0 aliphatic carbocycles. The Bertz CT molecular complexity index is 614. The van der Waals surface area contributed by atoms with E-state index in [0.717, 1.165) is 19.1 Å². The molecule has 0 heterocycles. The van der Waals surface area contributed by atoms with Gasteiger partial charge in [0.05, 0.1) is 17.7 Å². The van der Waals surface area contributed by atoms with E-state index in [1.54, 1.807) is 6.92 Å². The Morgan fingerprint density at radius 2 is 1.55 bits per heavy atom. The number of halogens is 6. The molecule has 0 fully saturated rings. The van der Waals surface area contributed by atoms with Crippen LogP contribution in [0.1, 0.15) is 39.5 Å². The molecule has 0 saturated heterocycles. The summed E-state index contributed by atoms with van der Waals surface area (Å²) in [6.45, 7) is 2.86. The van der Waals surface area contributed by atoms with Crippen molar-refractivity contribution in [3.8, 4) is 0 Å². The van der Waals surface area contributed by atoms with E-state index in [4.69, 9.17) is 14.3 Å². The molecule has 0 aliphatic heterocycles. The molecule has 2 atom stereocenters. The first-order valence-corrected chi connectivity index (χ1v) is 9.92. The normalized spacial score (nSPS) is 12.3. The summed E-state index contributed by atoms with van der Waals surface area (Å²) in [5, 5.41) is 0. The number of alkyl halides is 6. The second-order valence-electron chi connectivity index (χ2n) is 4.66. The van der Waals surface area contributed by atoms with Crippen molar-refractivity contribution in [2.24, 2.45) is 0 Å². The van der Waals surface area contributed by atoms with Gasteiger partial charge in [0, 0.05) is 6.42 Å². The number of ether oxygens (including phenoxy) is 1. The van der Waals surface area contributed by atoms with Gasteiger partial charge in [0.15, 0.2) is 6.61 Å². The van der Waals surface area contributed by atoms with Crippen molar-refractivity contribution in [3.63, 3.8) is 0 Å². The number of ketones is 1. The van der Waals surface area contributed by atoms with E-state index < -0.39 is 45.8 Å². The summed E-state index contributed by atoms with van der Waals surface area (Å²) < 4.78 is 103. The summed E-state index contributed by atoms with van der Waals surface area (Å²) in [6, 6.07) is 0. The first-order chi connectivity index (χ1) is 13.6. The number of hydrogen-bond acceptors (Lipinski definition) is 7. The Morgan fingerprint density at radius 3 is 1.87 bits per heavy atom. The molecule has 0 aromatic carbocycles. The van der Waals surface area contributed by atoms with Crippen molar-refractivity contribution in [1.29, 1.82) is 0 Å². The van der Waals surface area contributed by atoms with Crippen molar-refractivity contribution in [1.82, 2.24) is 0 Å². The third-order valence-electron chi connectivity index (χ3n) is 2.11. The Labute approximate surface area is 201 Å². The van der Waals surface area contributed by atoms with E-state index in [1.165, 1.54) is 0 Å². The molecular weight excluding hydrogens is 497 g/mol. The van der Waals surface area contributed by atoms with Crippen LogP contribution in [0, 0.1) is 0 Å². The van der Waals surface area contributed by atoms with Gasteiger partial charge in [-0.25, -0.2) is 9.00 Å². The molecule has 0 spiro atoms. The van der Waals surface area contributed by atoms with Crippen molar-refractivity contribution >= 4 is 40.1 Å². The standard InChI is InChI=1S/C6H9F3O4S.C6H10N2O.CHF3O2S.Na/c1-2-3-12-5(10)4-13-14(11)6(7,8)9;1-2-3-4-6(9)5-8-7;2-1(3,4)7(5)6;/h2-4H2,1H3;5H,2-4H2,1H3;(H,5,6);/q;;;+1/p-1. The molecule has 2 unspecified atom stereocenters. The van der Waals surface area contributed by atoms with Crippen LogP contribution in [0.5, 0.6) is 0 Å². The van der Waals surface area contributed by atoms with Gasteiger partial charge in [0.25, 0.3) is 11.1 Å². The predicted octanol–water partition coefficient (Wildman–Crippen LogP) is -0.425. The molecule has 0 saturated carbocycles. The molecule has 31 heavy (non-hydrogen) atoms. The van der Waals surface area contributed by atoms with Gasteiger partial charge in [-0.05, 0) is 12.8 Å². The average Bonchev–Trinajstić information content (AvgIpc) is 2.62. The minimum atomic E-state index is -5.08. The fourth-order valence-electron chi connectivity index (χ4n) is 0.906.